The van der Waals surface area contributed by atoms with Crippen LogP contribution in [0.4, 0.5) is 4.79 Å². The number of amides is 1. The van der Waals surface area contributed by atoms with Crippen LogP contribution in [0.15, 0.2) is 24.3 Å². The average molecular weight is 356 g/mol. The fourth-order valence-electron chi connectivity index (χ4n) is 2.31. The van der Waals surface area contributed by atoms with E-state index in [1.165, 1.54) is 4.90 Å². The Hall–Kier alpha value is -1.29. The van der Waals surface area contributed by atoms with E-state index < -0.39 is 11.5 Å². The van der Waals surface area contributed by atoms with E-state index in [0.717, 1.165) is 9.13 Å². The number of hydrogen-bond acceptors (Lipinski definition) is 2. The number of carboxylic acid groups (broad SMARTS) is 1. The maximum Gasteiger partial charge on any atom is 0.407 e. The fraction of sp³-hybridized carbons (Fsp3) is 0.385. The number of nitriles is 1. The van der Waals surface area contributed by atoms with E-state index in [0.29, 0.717) is 25.9 Å². The maximum atomic E-state index is 10.9. The summed E-state index contributed by atoms with van der Waals surface area (Å²) in [5.41, 5.74) is 0.464. The molecule has 18 heavy (non-hydrogen) atoms. The minimum Gasteiger partial charge on any atom is -0.465 e. The highest BCUT2D eigenvalue weighted by Gasteiger charge is 2.37. The van der Waals surface area contributed by atoms with Gasteiger partial charge in [-0.25, -0.2) is 4.79 Å². The Balaban J connectivity index is 2.22. The van der Waals surface area contributed by atoms with Crippen molar-refractivity contribution in [1.82, 2.24) is 4.90 Å². The smallest absolute Gasteiger partial charge is 0.407 e. The zero-order valence-electron chi connectivity index (χ0n) is 9.77. The predicted octanol–water partition coefficient (Wildman–Crippen LogP) is 2.83. The molecule has 0 bridgehead atoms. The van der Waals surface area contributed by atoms with Crippen LogP contribution in [-0.2, 0) is 5.41 Å². The third-order valence-corrected chi connectivity index (χ3v) is 4.22. The van der Waals surface area contributed by atoms with Gasteiger partial charge in [-0.3, -0.25) is 0 Å². The Bertz CT molecular complexity index is 485. The van der Waals surface area contributed by atoms with Crippen LogP contribution in [-0.4, -0.2) is 29.2 Å². The monoisotopic (exact) mass is 356 g/mol. The van der Waals surface area contributed by atoms with Crippen molar-refractivity contribution in [3.05, 3.63) is 33.4 Å². The van der Waals surface area contributed by atoms with E-state index in [2.05, 4.69) is 28.7 Å². The molecular formula is C13H13IN2O2. The summed E-state index contributed by atoms with van der Waals surface area (Å²) in [6.07, 6.45) is 0.233. The van der Waals surface area contributed by atoms with Gasteiger partial charge in [0.05, 0.1) is 11.5 Å². The van der Waals surface area contributed by atoms with E-state index in [-0.39, 0.29) is 0 Å². The van der Waals surface area contributed by atoms with Crippen molar-refractivity contribution >= 4 is 28.7 Å². The first-order valence-electron chi connectivity index (χ1n) is 5.72. The number of hydrogen-bond donors (Lipinski definition) is 1. The molecule has 1 heterocycles. The number of carbonyl (C=O) groups is 1. The summed E-state index contributed by atoms with van der Waals surface area (Å²) in [5.74, 6) is 0. The molecule has 4 nitrogen and oxygen atoms in total. The van der Waals surface area contributed by atoms with Gasteiger partial charge in [0.15, 0.2) is 0 Å². The second-order valence-corrected chi connectivity index (χ2v) is 5.72. The van der Waals surface area contributed by atoms with Gasteiger partial charge in [-0.1, -0.05) is 12.1 Å². The molecule has 1 amide bonds. The molecule has 2 rings (SSSR count). The molecule has 0 saturated carbocycles. The molecule has 1 aromatic rings. The third kappa shape index (κ3) is 2.43. The minimum absolute atomic E-state index is 0.425. The Morgan fingerprint density at radius 1 is 1.33 bits per heavy atom. The largest absolute Gasteiger partial charge is 0.465 e. The molecule has 0 aromatic heterocycles. The van der Waals surface area contributed by atoms with Gasteiger partial charge in [-0.05, 0) is 53.1 Å². The lowest BCUT2D eigenvalue weighted by Gasteiger charge is -2.36. The molecule has 1 aromatic carbocycles. The summed E-state index contributed by atoms with van der Waals surface area (Å²) in [7, 11) is 0. The molecule has 94 valence electrons. The second-order valence-electron chi connectivity index (χ2n) is 4.47. The van der Waals surface area contributed by atoms with Gasteiger partial charge < -0.3 is 10.0 Å². The highest BCUT2D eigenvalue weighted by atomic mass is 127. The van der Waals surface area contributed by atoms with Gasteiger partial charge in [0, 0.05) is 16.7 Å². The third-order valence-electron chi connectivity index (χ3n) is 3.50. The number of rotatable bonds is 1. The molecular weight excluding hydrogens is 343 g/mol. The molecule has 1 aliphatic rings. The number of benzene rings is 1. The first-order chi connectivity index (χ1) is 8.57. The van der Waals surface area contributed by atoms with Crippen LogP contribution < -0.4 is 0 Å². The standard InChI is InChI=1S/C13H13IN2O2/c14-11-3-1-10(2-4-11)13(9-15)5-7-16(8-6-13)12(17)18/h1-4H,5-8H2,(H,17,18). The van der Waals surface area contributed by atoms with Gasteiger partial charge in [0.25, 0.3) is 0 Å². The summed E-state index contributed by atoms with van der Waals surface area (Å²) in [6, 6.07) is 10.3. The quantitative estimate of drug-likeness (QED) is 0.787. The summed E-state index contributed by atoms with van der Waals surface area (Å²) < 4.78 is 1.13. The molecule has 0 unspecified atom stereocenters. The molecule has 0 atom stereocenters. The average Bonchev–Trinajstić information content (AvgIpc) is 2.39. The number of piperidine rings is 1. The number of halogens is 1. The van der Waals surface area contributed by atoms with Gasteiger partial charge in [-0.15, -0.1) is 0 Å². The lowest BCUT2D eigenvalue weighted by atomic mass is 9.74. The van der Waals surface area contributed by atoms with E-state index >= 15 is 0 Å². The molecule has 1 N–H and O–H groups in total. The summed E-state index contributed by atoms with van der Waals surface area (Å²) in [5, 5.41) is 18.4. The Kier molecular flexibility index (Phi) is 3.76. The highest BCUT2D eigenvalue weighted by molar-refractivity contribution is 14.1. The Morgan fingerprint density at radius 3 is 2.33 bits per heavy atom. The molecule has 1 aliphatic heterocycles. The van der Waals surface area contributed by atoms with Crippen molar-refractivity contribution in [2.75, 3.05) is 13.1 Å². The minimum atomic E-state index is -0.899. The number of likely N-dealkylation sites (tertiary alicyclic amines) is 1. The molecule has 1 fully saturated rings. The topological polar surface area (TPSA) is 64.3 Å². The van der Waals surface area contributed by atoms with E-state index in [9.17, 15) is 10.1 Å². The van der Waals surface area contributed by atoms with Gasteiger partial charge in [0.1, 0.15) is 0 Å². The summed E-state index contributed by atoms with van der Waals surface area (Å²) >= 11 is 2.23. The van der Waals surface area contributed by atoms with Crippen molar-refractivity contribution in [3.8, 4) is 6.07 Å². The lowest BCUT2D eigenvalue weighted by molar-refractivity contribution is 0.125. The molecule has 5 heteroatoms. The van der Waals surface area contributed by atoms with Crippen molar-refractivity contribution in [2.24, 2.45) is 0 Å². The zero-order valence-corrected chi connectivity index (χ0v) is 11.9. The van der Waals surface area contributed by atoms with Crippen molar-refractivity contribution in [1.29, 1.82) is 5.26 Å². The highest BCUT2D eigenvalue weighted by Crippen LogP contribution is 2.35. The molecule has 0 radical (unpaired) electrons. The molecule has 1 saturated heterocycles. The predicted molar refractivity (Wildman–Crippen MR) is 75.3 cm³/mol. The SMILES string of the molecule is N#CC1(c2ccc(I)cc2)CCN(C(=O)O)CC1. The van der Waals surface area contributed by atoms with Crippen molar-refractivity contribution in [3.63, 3.8) is 0 Å². The second kappa shape index (κ2) is 5.14. The molecule has 0 spiro atoms. The van der Waals surface area contributed by atoms with E-state index in [4.69, 9.17) is 5.11 Å². The van der Waals surface area contributed by atoms with Crippen LogP contribution in [0.1, 0.15) is 18.4 Å². The van der Waals surface area contributed by atoms with Crippen LogP contribution in [0.3, 0.4) is 0 Å². The first-order valence-corrected chi connectivity index (χ1v) is 6.80. The van der Waals surface area contributed by atoms with Crippen LogP contribution in [0, 0.1) is 14.9 Å². The first kappa shape index (κ1) is 13.1. The Labute approximate surface area is 119 Å². The normalized spacial score (nSPS) is 18.1. The van der Waals surface area contributed by atoms with Crippen LogP contribution in [0.2, 0.25) is 0 Å². The molecule has 0 aliphatic carbocycles. The Morgan fingerprint density at radius 2 is 1.89 bits per heavy atom. The van der Waals surface area contributed by atoms with Crippen LogP contribution >= 0.6 is 22.6 Å². The van der Waals surface area contributed by atoms with Gasteiger partial charge in [-0.2, -0.15) is 5.26 Å². The lowest BCUT2D eigenvalue weighted by Crippen LogP contribution is -2.44. The number of nitrogens with zero attached hydrogens (tertiary/aromatic N) is 2. The fourth-order valence-corrected chi connectivity index (χ4v) is 2.67. The van der Waals surface area contributed by atoms with Gasteiger partial charge in [0.2, 0.25) is 0 Å². The van der Waals surface area contributed by atoms with Crippen molar-refractivity contribution < 1.29 is 9.90 Å². The van der Waals surface area contributed by atoms with Crippen LogP contribution in [0.5, 0.6) is 0 Å². The zero-order chi connectivity index (χ0) is 13.2. The van der Waals surface area contributed by atoms with Gasteiger partial charge >= 0.3 is 6.09 Å². The maximum absolute atomic E-state index is 10.9. The summed E-state index contributed by atoms with van der Waals surface area (Å²) in [6.45, 7) is 0.851. The van der Waals surface area contributed by atoms with E-state index in [1.54, 1.807) is 0 Å². The summed E-state index contributed by atoms with van der Waals surface area (Å²) in [4.78, 5) is 12.3. The van der Waals surface area contributed by atoms with Crippen LogP contribution in [0.25, 0.3) is 0 Å². The van der Waals surface area contributed by atoms with Crippen molar-refractivity contribution in [2.45, 2.75) is 18.3 Å². The van der Waals surface area contributed by atoms with E-state index in [1.807, 2.05) is 24.3 Å².